The summed E-state index contributed by atoms with van der Waals surface area (Å²) >= 11 is 0. The quantitative estimate of drug-likeness (QED) is 0.266. The summed E-state index contributed by atoms with van der Waals surface area (Å²) < 4.78 is 0.768. The zero-order chi connectivity index (χ0) is 21.6. The molecule has 1 amide bonds. The van der Waals surface area contributed by atoms with Gasteiger partial charge in [0.1, 0.15) is 0 Å². The Labute approximate surface area is 181 Å². The number of carbonyl (C=O) groups excluding carboxylic acids is 1. The van der Waals surface area contributed by atoms with E-state index in [1.807, 2.05) is 42.5 Å². The molecule has 0 saturated carbocycles. The highest BCUT2D eigenvalue weighted by atomic mass is 16.5. The molecule has 0 unspecified atom stereocenters. The second-order valence-electron chi connectivity index (χ2n) is 7.34. The van der Waals surface area contributed by atoms with Crippen LogP contribution in [-0.4, -0.2) is 5.91 Å². The van der Waals surface area contributed by atoms with Crippen LogP contribution in [0.15, 0.2) is 103 Å². The molecule has 4 nitrogen and oxygen atoms in total. The van der Waals surface area contributed by atoms with Crippen LogP contribution in [0.25, 0.3) is 28.3 Å². The number of aryl methyl sites for hydroxylation is 1. The highest BCUT2D eigenvalue weighted by Gasteiger charge is 2.03. The first kappa shape index (κ1) is 20.1. The Morgan fingerprint density at radius 1 is 0.839 bits per heavy atom. The zero-order valence-corrected chi connectivity index (χ0v) is 17.2. The lowest BCUT2D eigenvalue weighted by Gasteiger charge is -2.05. The average Bonchev–Trinajstić information content (AvgIpc) is 2.79. The lowest BCUT2D eigenvalue weighted by Crippen LogP contribution is -2.23. The third kappa shape index (κ3) is 5.25. The van der Waals surface area contributed by atoms with E-state index < -0.39 is 0 Å². The predicted octanol–water partition coefficient (Wildman–Crippen LogP) is 5.61. The predicted molar refractivity (Wildman–Crippen MR) is 125 cm³/mol. The number of benzene rings is 3. The van der Waals surface area contributed by atoms with Crippen molar-refractivity contribution >= 4 is 17.7 Å². The van der Waals surface area contributed by atoms with E-state index in [9.17, 15) is 10.0 Å². The fourth-order valence-corrected chi connectivity index (χ4v) is 3.30. The van der Waals surface area contributed by atoms with Crippen LogP contribution in [0.1, 0.15) is 11.1 Å². The van der Waals surface area contributed by atoms with E-state index in [0.717, 1.165) is 32.5 Å². The molecule has 0 fully saturated rings. The normalized spacial score (nSPS) is 10.9. The van der Waals surface area contributed by atoms with Gasteiger partial charge in [0.2, 0.25) is 5.91 Å². The Hall–Kier alpha value is -4.18. The van der Waals surface area contributed by atoms with E-state index in [1.165, 1.54) is 24.0 Å². The van der Waals surface area contributed by atoms with Gasteiger partial charge >= 0.3 is 0 Å². The van der Waals surface area contributed by atoms with Crippen molar-refractivity contribution in [1.29, 1.82) is 0 Å². The molecule has 3 aromatic carbocycles. The topological polar surface area (TPSA) is 56.0 Å². The molecule has 0 aliphatic carbocycles. The van der Waals surface area contributed by atoms with Crippen molar-refractivity contribution in [3.05, 3.63) is 120 Å². The van der Waals surface area contributed by atoms with Crippen LogP contribution in [0.5, 0.6) is 0 Å². The van der Waals surface area contributed by atoms with Gasteiger partial charge in [-0.25, -0.2) is 0 Å². The molecule has 0 bridgehead atoms. The number of pyridine rings is 1. The van der Waals surface area contributed by atoms with E-state index in [2.05, 4.69) is 48.6 Å². The number of hydrogen-bond donors (Lipinski definition) is 1. The molecule has 1 heterocycles. The standard InChI is InChI=1S/C27H22N2O2/c1-20-7-10-22(11-8-20)24-5-2-4-21(18-24)9-16-27(30)28-26-14-12-23(13-15-26)25-6-3-17-29(31)19-25/h2-19H,1H3,(H,28,30). The van der Waals surface area contributed by atoms with Crippen molar-refractivity contribution in [2.24, 2.45) is 0 Å². The fourth-order valence-electron chi connectivity index (χ4n) is 3.30. The van der Waals surface area contributed by atoms with Gasteiger partial charge < -0.3 is 10.5 Å². The van der Waals surface area contributed by atoms with E-state index in [1.54, 1.807) is 12.1 Å². The maximum atomic E-state index is 12.3. The first-order valence-corrected chi connectivity index (χ1v) is 10.0. The number of anilines is 1. The van der Waals surface area contributed by atoms with Gasteiger partial charge in [0.05, 0.1) is 0 Å². The van der Waals surface area contributed by atoms with E-state index in [0.29, 0.717) is 5.69 Å². The summed E-state index contributed by atoms with van der Waals surface area (Å²) in [5, 5.41) is 14.3. The highest BCUT2D eigenvalue weighted by molar-refractivity contribution is 6.02. The molecule has 1 N–H and O–H groups in total. The van der Waals surface area contributed by atoms with Crippen LogP contribution >= 0.6 is 0 Å². The van der Waals surface area contributed by atoms with Crippen molar-refractivity contribution in [1.82, 2.24) is 0 Å². The molecule has 4 heteroatoms. The molecule has 1 aromatic heterocycles. The molecular weight excluding hydrogens is 384 g/mol. The Balaban J connectivity index is 1.42. The Bertz CT molecular complexity index is 1230. The summed E-state index contributed by atoms with van der Waals surface area (Å²) in [5.41, 5.74) is 6.86. The monoisotopic (exact) mass is 406 g/mol. The third-order valence-electron chi connectivity index (χ3n) is 4.96. The second kappa shape index (κ2) is 9.09. The molecule has 0 radical (unpaired) electrons. The number of amides is 1. The van der Waals surface area contributed by atoms with Crippen molar-refractivity contribution < 1.29 is 9.52 Å². The Morgan fingerprint density at radius 2 is 1.52 bits per heavy atom. The van der Waals surface area contributed by atoms with Crippen molar-refractivity contribution in [3.63, 3.8) is 0 Å². The van der Waals surface area contributed by atoms with Crippen molar-refractivity contribution in [3.8, 4) is 22.3 Å². The van der Waals surface area contributed by atoms with Gasteiger partial charge in [0.25, 0.3) is 0 Å². The number of rotatable bonds is 5. The van der Waals surface area contributed by atoms with E-state index in [4.69, 9.17) is 0 Å². The first-order valence-electron chi connectivity index (χ1n) is 10.0. The summed E-state index contributed by atoms with van der Waals surface area (Å²) in [6.45, 7) is 2.07. The highest BCUT2D eigenvalue weighted by Crippen LogP contribution is 2.22. The van der Waals surface area contributed by atoms with Crippen LogP contribution in [0.4, 0.5) is 5.69 Å². The Kier molecular flexibility index (Phi) is 5.90. The molecule has 0 saturated heterocycles. The minimum Gasteiger partial charge on any atom is -0.619 e. The Morgan fingerprint density at radius 3 is 2.26 bits per heavy atom. The van der Waals surface area contributed by atoms with Gasteiger partial charge in [-0.05, 0) is 59.5 Å². The molecule has 4 rings (SSSR count). The fraction of sp³-hybridized carbons (Fsp3) is 0.0370. The van der Waals surface area contributed by atoms with Gasteiger partial charge in [-0.15, -0.1) is 0 Å². The number of nitrogens with zero attached hydrogens (tertiary/aromatic N) is 1. The van der Waals surface area contributed by atoms with Crippen molar-refractivity contribution in [2.75, 3.05) is 5.32 Å². The third-order valence-corrected chi connectivity index (χ3v) is 4.96. The van der Waals surface area contributed by atoms with Crippen LogP contribution in [0.3, 0.4) is 0 Å². The smallest absolute Gasteiger partial charge is 0.248 e. The van der Waals surface area contributed by atoms with E-state index >= 15 is 0 Å². The molecule has 4 aromatic rings. The number of nitrogens with one attached hydrogen (secondary N) is 1. The average molecular weight is 406 g/mol. The maximum absolute atomic E-state index is 12.3. The second-order valence-corrected chi connectivity index (χ2v) is 7.34. The molecule has 0 aliphatic rings. The van der Waals surface area contributed by atoms with Gasteiger partial charge in [-0.2, -0.15) is 4.73 Å². The largest absolute Gasteiger partial charge is 0.619 e. The van der Waals surface area contributed by atoms with E-state index in [-0.39, 0.29) is 5.91 Å². The molecule has 0 atom stereocenters. The molecular formula is C27H22N2O2. The minimum atomic E-state index is -0.203. The molecule has 31 heavy (non-hydrogen) atoms. The van der Waals surface area contributed by atoms with Crippen LogP contribution in [-0.2, 0) is 4.79 Å². The summed E-state index contributed by atoms with van der Waals surface area (Å²) in [7, 11) is 0. The van der Waals surface area contributed by atoms with Crippen LogP contribution in [0.2, 0.25) is 0 Å². The van der Waals surface area contributed by atoms with Gasteiger partial charge in [0, 0.05) is 23.4 Å². The summed E-state index contributed by atoms with van der Waals surface area (Å²) in [6, 6.07) is 27.4. The number of aromatic nitrogens is 1. The summed E-state index contributed by atoms with van der Waals surface area (Å²) in [6.07, 6.45) is 6.29. The lowest BCUT2D eigenvalue weighted by molar-refractivity contribution is -0.604. The lowest BCUT2D eigenvalue weighted by atomic mass is 10.0. The van der Waals surface area contributed by atoms with Gasteiger partial charge in [-0.1, -0.05) is 60.2 Å². The van der Waals surface area contributed by atoms with Gasteiger partial charge in [-0.3, -0.25) is 4.79 Å². The van der Waals surface area contributed by atoms with Crippen molar-refractivity contribution in [2.45, 2.75) is 6.92 Å². The summed E-state index contributed by atoms with van der Waals surface area (Å²) in [5.74, 6) is -0.203. The van der Waals surface area contributed by atoms with Gasteiger partial charge in [0.15, 0.2) is 12.4 Å². The molecule has 0 aliphatic heterocycles. The SMILES string of the molecule is Cc1ccc(-c2cccc(C=CC(=O)Nc3ccc(-c4ccc[n+]([O-])c4)cc3)c2)cc1. The minimum absolute atomic E-state index is 0.203. The molecule has 152 valence electrons. The van der Waals surface area contributed by atoms with Crippen LogP contribution in [0, 0.1) is 12.1 Å². The van der Waals surface area contributed by atoms with Crippen LogP contribution < -0.4 is 10.0 Å². The number of carbonyl (C=O) groups is 1. The first-order chi connectivity index (χ1) is 15.1. The maximum Gasteiger partial charge on any atom is 0.248 e. The zero-order valence-electron chi connectivity index (χ0n) is 17.2. The summed E-state index contributed by atoms with van der Waals surface area (Å²) in [4.78, 5) is 12.3. The number of hydrogen-bond acceptors (Lipinski definition) is 2. The molecule has 0 spiro atoms.